The number of aromatic nitrogens is 1. The number of ether oxygens (including phenoxy) is 2. The van der Waals surface area contributed by atoms with Crippen LogP contribution in [0.2, 0.25) is 0 Å². The van der Waals surface area contributed by atoms with Gasteiger partial charge in [-0.15, -0.1) is 0 Å². The number of amides is 1. The second-order valence-electron chi connectivity index (χ2n) is 10.9. The number of nitrogens with one attached hydrogen (secondary N) is 1. The molecule has 1 aliphatic heterocycles. The Balaban J connectivity index is 1.31. The number of hydrogen-bond acceptors (Lipinski definition) is 7. The van der Waals surface area contributed by atoms with Gasteiger partial charge in [-0.2, -0.15) is 4.73 Å². The number of carboxylic acid groups (broad SMARTS) is 1. The van der Waals surface area contributed by atoms with E-state index in [9.17, 15) is 19.9 Å². The number of aliphatic carboxylic acids is 1. The Morgan fingerprint density at radius 3 is 2.42 bits per heavy atom. The van der Waals surface area contributed by atoms with Gasteiger partial charge >= 0.3 is 5.97 Å². The molecular formula is C35H36N2O7S. The highest BCUT2D eigenvalue weighted by Crippen LogP contribution is 2.40. The second kappa shape index (κ2) is 15.7. The van der Waals surface area contributed by atoms with Gasteiger partial charge in [-0.05, 0) is 52.4 Å². The van der Waals surface area contributed by atoms with E-state index in [4.69, 9.17) is 14.6 Å². The number of carbonyl (C=O) groups is 2. The maximum atomic E-state index is 12.2. The average molecular weight is 629 g/mol. The van der Waals surface area contributed by atoms with E-state index in [2.05, 4.69) is 5.32 Å². The van der Waals surface area contributed by atoms with Crippen LogP contribution in [0.3, 0.4) is 0 Å². The Labute approximate surface area is 266 Å². The van der Waals surface area contributed by atoms with Crippen molar-refractivity contribution in [3.63, 3.8) is 0 Å². The van der Waals surface area contributed by atoms with Crippen molar-refractivity contribution in [1.82, 2.24) is 5.32 Å². The van der Waals surface area contributed by atoms with E-state index in [0.29, 0.717) is 30.2 Å². The molecule has 3 atom stereocenters. The fourth-order valence-electron chi connectivity index (χ4n) is 5.14. The number of hydrogen-bond donors (Lipinski definition) is 3. The summed E-state index contributed by atoms with van der Waals surface area (Å²) < 4.78 is 13.9. The Morgan fingerprint density at radius 2 is 1.67 bits per heavy atom. The molecule has 0 bridgehead atoms. The van der Waals surface area contributed by atoms with Gasteiger partial charge in [0.15, 0.2) is 12.5 Å². The third-order valence-electron chi connectivity index (χ3n) is 7.52. The second-order valence-corrected chi connectivity index (χ2v) is 11.9. The van der Waals surface area contributed by atoms with Gasteiger partial charge in [0.05, 0.1) is 18.8 Å². The van der Waals surface area contributed by atoms with Crippen molar-refractivity contribution < 1.29 is 34.0 Å². The lowest BCUT2D eigenvalue weighted by Crippen LogP contribution is -2.32. The molecule has 9 nitrogen and oxygen atoms in total. The zero-order valence-electron chi connectivity index (χ0n) is 24.7. The number of nitrogens with zero attached hydrogens (tertiary/aromatic N) is 1. The number of rotatable bonds is 13. The molecule has 0 spiro atoms. The van der Waals surface area contributed by atoms with Gasteiger partial charge in [0.1, 0.15) is 0 Å². The van der Waals surface area contributed by atoms with Crippen LogP contribution < -0.4 is 10.0 Å². The largest absolute Gasteiger partial charge is 0.618 e. The lowest BCUT2D eigenvalue weighted by atomic mass is 9.99. The Kier molecular flexibility index (Phi) is 11.2. The van der Waals surface area contributed by atoms with Crippen LogP contribution in [0.15, 0.2) is 102 Å². The molecule has 2 heterocycles. The fourth-order valence-corrected chi connectivity index (χ4v) is 6.07. The summed E-state index contributed by atoms with van der Waals surface area (Å²) in [5, 5.41) is 34.0. The predicted octanol–water partition coefficient (Wildman–Crippen LogP) is 5.69. The smallest absolute Gasteiger partial charge is 0.303 e. The van der Waals surface area contributed by atoms with Gasteiger partial charge in [-0.3, -0.25) is 9.59 Å². The molecule has 10 heteroatoms. The Morgan fingerprint density at radius 1 is 0.889 bits per heavy atom. The summed E-state index contributed by atoms with van der Waals surface area (Å²) in [5.74, 6) is -0.519. The van der Waals surface area contributed by atoms with Crippen molar-refractivity contribution in [2.75, 3.05) is 5.75 Å². The molecule has 1 amide bonds. The molecular weight excluding hydrogens is 592 g/mol. The minimum Gasteiger partial charge on any atom is -0.618 e. The maximum Gasteiger partial charge on any atom is 0.303 e. The first-order valence-corrected chi connectivity index (χ1v) is 15.9. The Bertz CT molecular complexity index is 1600. The third-order valence-corrected chi connectivity index (χ3v) is 8.67. The zero-order valence-corrected chi connectivity index (χ0v) is 25.5. The van der Waals surface area contributed by atoms with Crippen LogP contribution in [0.25, 0.3) is 11.1 Å². The molecule has 3 N–H and O–H groups in total. The average Bonchev–Trinajstić information content (AvgIpc) is 3.07. The van der Waals surface area contributed by atoms with Crippen LogP contribution in [-0.4, -0.2) is 33.9 Å². The number of thioether (sulfide) groups is 1. The maximum absolute atomic E-state index is 12.2. The van der Waals surface area contributed by atoms with E-state index >= 15 is 0 Å². The minimum atomic E-state index is -0.910. The van der Waals surface area contributed by atoms with Crippen molar-refractivity contribution in [2.45, 2.75) is 62.4 Å². The molecule has 1 fully saturated rings. The number of aliphatic hydroxyl groups excluding tert-OH is 1. The minimum absolute atomic E-state index is 0.0306. The fraction of sp³-hybridized carbons (Fsp3) is 0.286. The van der Waals surface area contributed by atoms with Gasteiger partial charge in [0.25, 0.3) is 5.03 Å². The van der Waals surface area contributed by atoms with E-state index in [1.165, 1.54) is 18.0 Å². The summed E-state index contributed by atoms with van der Waals surface area (Å²) in [6.07, 6.45) is 1.45. The molecule has 234 valence electrons. The highest BCUT2D eigenvalue weighted by Gasteiger charge is 2.33. The van der Waals surface area contributed by atoms with E-state index in [0.717, 1.165) is 38.1 Å². The van der Waals surface area contributed by atoms with Crippen LogP contribution in [0.4, 0.5) is 0 Å². The Hall–Kier alpha value is -4.22. The van der Waals surface area contributed by atoms with E-state index < -0.39 is 12.3 Å². The quantitative estimate of drug-likeness (QED) is 0.0978. The number of aliphatic hydroxyl groups is 1. The van der Waals surface area contributed by atoms with Gasteiger partial charge in [-0.25, -0.2) is 0 Å². The number of carboxylic acids is 1. The van der Waals surface area contributed by atoms with E-state index in [1.807, 2.05) is 78.9 Å². The summed E-state index contributed by atoms with van der Waals surface area (Å²) in [6.45, 7) is 0.311. The first kappa shape index (κ1) is 32.2. The molecule has 3 aromatic carbocycles. The summed E-state index contributed by atoms with van der Waals surface area (Å²) in [6, 6.07) is 28.9. The van der Waals surface area contributed by atoms with Gasteiger partial charge in [0.2, 0.25) is 5.91 Å². The normalized spacial score (nSPS) is 17.9. The van der Waals surface area contributed by atoms with Crippen molar-refractivity contribution in [3.8, 4) is 11.1 Å². The lowest BCUT2D eigenvalue weighted by molar-refractivity contribution is -0.645. The van der Waals surface area contributed by atoms with Crippen LogP contribution >= 0.6 is 11.8 Å². The molecule has 0 radical (unpaired) electrons. The highest BCUT2D eigenvalue weighted by atomic mass is 32.2. The summed E-state index contributed by atoms with van der Waals surface area (Å²) >= 11 is 1.45. The molecule has 5 rings (SSSR count). The molecule has 0 unspecified atom stereocenters. The van der Waals surface area contributed by atoms with Crippen molar-refractivity contribution >= 4 is 23.6 Å². The third kappa shape index (κ3) is 9.15. The predicted molar refractivity (Wildman–Crippen MR) is 170 cm³/mol. The van der Waals surface area contributed by atoms with Crippen LogP contribution in [0, 0.1) is 5.21 Å². The number of pyridine rings is 1. The first-order valence-electron chi connectivity index (χ1n) is 14.9. The molecule has 1 aromatic heterocycles. The van der Waals surface area contributed by atoms with Gasteiger partial charge in [0, 0.05) is 49.3 Å². The zero-order chi connectivity index (χ0) is 31.6. The highest BCUT2D eigenvalue weighted by molar-refractivity contribution is 7.99. The summed E-state index contributed by atoms with van der Waals surface area (Å²) in [7, 11) is 0. The monoisotopic (exact) mass is 628 g/mol. The van der Waals surface area contributed by atoms with Crippen molar-refractivity contribution in [1.29, 1.82) is 0 Å². The van der Waals surface area contributed by atoms with Gasteiger partial charge < -0.3 is 30.2 Å². The topological polar surface area (TPSA) is 132 Å². The van der Waals surface area contributed by atoms with Crippen LogP contribution in [-0.2, 0) is 32.2 Å². The molecule has 0 saturated carbocycles. The first-order chi connectivity index (χ1) is 21.9. The molecule has 4 aromatic rings. The van der Waals surface area contributed by atoms with E-state index in [1.54, 1.807) is 12.1 Å². The molecule has 1 saturated heterocycles. The van der Waals surface area contributed by atoms with Crippen LogP contribution in [0.1, 0.15) is 60.3 Å². The number of carbonyl (C=O) groups excluding carboxylic acids is 1. The SMILES string of the molecule is O=C(O)CCCC(=O)NCc1cccc(-c2cccc([C@@H]3O[C@H](CSc4cccc[n+]4[O-])C[C@H](c4ccc(CO)cc4)O3)c2)c1. The molecule has 0 aliphatic carbocycles. The molecule has 45 heavy (non-hydrogen) atoms. The van der Waals surface area contributed by atoms with Gasteiger partial charge in [-0.1, -0.05) is 72.4 Å². The van der Waals surface area contributed by atoms with Crippen molar-refractivity contribution in [2.24, 2.45) is 0 Å². The van der Waals surface area contributed by atoms with Crippen LogP contribution in [0.5, 0.6) is 0 Å². The summed E-state index contributed by atoms with van der Waals surface area (Å²) in [5.41, 5.74) is 5.53. The number of benzene rings is 3. The summed E-state index contributed by atoms with van der Waals surface area (Å²) in [4.78, 5) is 22.8. The standard InChI is InChI=1S/C35H36N2O7S/c38-22-24-13-15-26(16-14-24)31-20-30(23-45-33-11-1-2-17-37(33)42)43-35(44-31)29-9-4-8-28(19-29)27-7-3-6-25(18-27)21-36-32(39)10-5-12-34(40)41/h1-4,6-9,11,13-19,30-31,35,38H,5,10,12,20-23H2,(H,36,39)(H,40,41)/t30-,31+,35+/m0/s1. The van der Waals surface area contributed by atoms with E-state index in [-0.39, 0.29) is 37.6 Å². The lowest BCUT2D eigenvalue weighted by Gasteiger charge is -2.36. The van der Waals surface area contributed by atoms with Crippen molar-refractivity contribution in [3.05, 3.63) is 125 Å². The molecule has 1 aliphatic rings.